The topological polar surface area (TPSA) is 83.5 Å². The zero-order valence-corrected chi connectivity index (χ0v) is 6.23. The Hall–Kier alpha value is -0.610. The van der Waals surface area contributed by atoms with Gasteiger partial charge < -0.3 is 15.9 Å². The van der Waals surface area contributed by atoms with Crippen molar-refractivity contribution in [2.45, 2.75) is 31.4 Å². The lowest BCUT2D eigenvalue weighted by Gasteiger charge is -2.29. The van der Waals surface area contributed by atoms with E-state index >= 15 is 0 Å². The number of hydrogen-bond donors (Lipinski definition) is 3. The van der Waals surface area contributed by atoms with E-state index in [1.807, 2.05) is 0 Å². The van der Waals surface area contributed by atoms with Gasteiger partial charge in [0.1, 0.15) is 0 Å². The maximum absolute atomic E-state index is 10.5. The van der Waals surface area contributed by atoms with Crippen molar-refractivity contribution in [3.8, 4) is 0 Å². The normalized spacial score (nSPS) is 38.5. The van der Waals surface area contributed by atoms with E-state index in [0.29, 0.717) is 12.8 Å². The van der Waals surface area contributed by atoms with E-state index in [2.05, 4.69) is 0 Å². The van der Waals surface area contributed by atoms with Crippen LogP contribution in [0.2, 0.25) is 0 Å². The van der Waals surface area contributed by atoms with Crippen LogP contribution >= 0.6 is 0 Å². The summed E-state index contributed by atoms with van der Waals surface area (Å²) in [5.41, 5.74) is 5.49. The fourth-order valence-electron chi connectivity index (χ4n) is 1.49. The van der Waals surface area contributed by atoms with Crippen LogP contribution < -0.4 is 5.73 Å². The number of carboxylic acid groups (broad SMARTS) is 1. The molecule has 11 heavy (non-hydrogen) atoms. The molecule has 1 rings (SSSR count). The van der Waals surface area contributed by atoms with Crippen molar-refractivity contribution in [3.05, 3.63) is 0 Å². The molecule has 0 heterocycles. The lowest BCUT2D eigenvalue weighted by atomic mass is 9.83. The molecule has 0 amide bonds. The van der Waals surface area contributed by atoms with E-state index in [1.54, 1.807) is 0 Å². The molecule has 4 N–H and O–H groups in total. The Balaban J connectivity index is 2.58. The lowest BCUT2D eigenvalue weighted by Crippen LogP contribution is -2.47. The molecule has 0 aromatic rings. The summed E-state index contributed by atoms with van der Waals surface area (Å²) in [6, 6.07) is -0.582. The van der Waals surface area contributed by atoms with E-state index in [9.17, 15) is 9.90 Å². The van der Waals surface area contributed by atoms with Crippen LogP contribution in [0.3, 0.4) is 0 Å². The molecular formula is C7H13NO3. The lowest BCUT2D eigenvalue weighted by molar-refractivity contribution is -0.145. The second kappa shape index (κ2) is 3.19. The van der Waals surface area contributed by atoms with Gasteiger partial charge in [0, 0.05) is 6.04 Å². The summed E-state index contributed by atoms with van der Waals surface area (Å²) in [7, 11) is 0. The molecule has 0 aliphatic heterocycles. The minimum atomic E-state index is -0.892. The number of aliphatic hydroxyl groups excluding tert-OH is 1. The predicted octanol–water partition coefficient (Wildman–Crippen LogP) is -0.441. The Kier molecular flexibility index (Phi) is 2.46. The Morgan fingerprint density at radius 1 is 1.45 bits per heavy atom. The van der Waals surface area contributed by atoms with Crippen molar-refractivity contribution in [1.29, 1.82) is 0 Å². The van der Waals surface area contributed by atoms with Gasteiger partial charge in [-0.05, 0) is 19.3 Å². The number of aliphatic hydroxyl groups is 1. The van der Waals surface area contributed by atoms with Crippen molar-refractivity contribution in [1.82, 2.24) is 0 Å². The molecule has 4 nitrogen and oxygen atoms in total. The minimum Gasteiger partial charge on any atom is -0.481 e. The van der Waals surface area contributed by atoms with Gasteiger partial charge in [-0.2, -0.15) is 0 Å². The smallest absolute Gasteiger partial charge is 0.308 e. The van der Waals surface area contributed by atoms with Gasteiger partial charge in [-0.15, -0.1) is 0 Å². The first-order valence-corrected chi connectivity index (χ1v) is 3.79. The maximum atomic E-state index is 10.5. The first-order chi connectivity index (χ1) is 5.13. The van der Waals surface area contributed by atoms with Crippen molar-refractivity contribution >= 4 is 5.97 Å². The van der Waals surface area contributed by atoms with E-state index in [-0.39, 0.29) is 0 Å². The van der Waals surface area contributed by atoms with Crippen molar-refractivity contribution in [3.63, 3.8) is 0 Å². The average molecular weight is 159 g/mol. The van der Waals surface area contributed by atoms with Crippen LogP contribution in [-0.4, -0.2) is 28.3 Å². The fourth-order valence-corrected chi connectivity index (χ4v) is 1.49. The van der Waals surface area contributed by atoms with E-state index in [4.69, 9.17) is 10.8 Å². The molecule has 1 aliphatic rings. The van der Waals surface area contributed by atoms with Gasteiger partial charge in [0.15, 0.2) is 0 Å². The summed E-state index contributed by atoms with van der Waals surface area (Å²) in [5.74, 6) is -1.45. The van der Waals surface area contributed by atoms with Crippen LogP contribution in [0.1, 0.15) is 19.3 Å². The van der Waals surface area contributed by atoms with Crippen LogP contribution in [0.5, 0.6) is 0 Å². The largest absolute Gasteiger partial charge is 0.481 e. The molecule has 0 unspecified atom stereocenters. The van der Waals surface area contributed by atoms with Gasteiger partial charge in [0.2, 0.25) is 0 Å². The highest BCUT2D eigenvalue weighted by Crippen LogP contribution is 2.23. The fraction of sp³-hybridized carbons (Fsp3) is 0.857. The Morgan fingerprint density at radius 2 is 2.09 bits per heavy atom. The number of carboxylic acids is 1. The zero-order chi connectivity index (χ0) is 8.43. The van der Waals surface area contributed by atoms with Gasteiger partial charge >= 0.3 is 5.97 Å². The molecule has 0 saturated heterocycles. The van der Waals surface area contributed by atoms with Crippen LogP contribution in [0.4, 0.5) is 0 Å². The second-order valence-electron chi connectivity index (χ2n) is 3.02. The summed E-state index contributed by atoms with van der Waals surface area (Å²) in [4.78, 5) is 10.5. The third kappa shape index (κ3) is 1.70. The molecule has 0 spiro atoms. The molecule has 0 radical (unpaired) electrons. The molecule has 1 fully saturated rings. The maximum Gasteiger partial charge on any atom is 0.308 e. The summed E-state index contributed by atoms with van der Waals surface area (Å²) in [6.45, 7) is 0. The van der Waals surface area contributed by atoms with Crippen molar-refractivity contribution in [2.75, 3.05) is 0 Å². The highest BCUT2D eigenvalue weighted by molar-refractivity contribution is 5.71. The Labute approximate surface area is 65.0 Å². The van der Waals surface area contributed by atoms with Gasteiger partial charge in [-0.1, -0.05) is 0 Å². The summed E-state index contributed by atoms with van der Waals surface area (Å²) in [5, 5.41) is 17.8. The first kappa shape index (κ1) is 8.49. The number of rotatable bonds is 1. The van der Waals surface area contributed by atoms with E-state index in [1.165, 1.54) is 0 Å². The molecule has 1 aliphatic carbocycles. The van der Waals surface area contributed by atoms with Crippen LogP contribution in [0, 0.1) is 5.92 Å². The average Bonchev–Trinajstić information content (AvgIpc) is 1.94. The second-order valence-corrected chi connectivity index (χ2v) is 3.02. The van der Waals surface area contributed by atoms with Crippen molar-refractivity contribution in [2.24, 2.45) is 11.7 Å². The van der Waals surface area contributed by atoms with Gasteiger partial charge in [-0.3, -0.25) is 4.79 Å². The highest BCUT2D eigenvalue weighted by atomic mass is 16.4. The first-order valence-electron chi connectivity index (χ1n) is 3.79. The van der Waals surface area contributed by atoms with Crippen molar-refractivity contribution < 1.29 is 15.0 Å². The predicted molar refractivity (Wildman–Crippen MR) is 39.0 cm³/mol. The summed E-state index contributed by atoms with van der Waals surface area (Å²) < 4.78 is 0. The quantitative estimate of drug-likeness (QED) is 0.484. The molecule has 3 atom stereocenters. The monoisotopic (exact) mass is 159 g/mol. The zero-order valence-electron chi connectivity index (χ0n) is 6.23. The molecule has 0 aromatic carbocycles. The molecule has 64 valence electrons. The van der Waals surface area contributed by atoms with Gasteiger partial charge in [0.05, 0.1) is 12.0 Å². The molecular weight excluding hydrogens is 146 g/mol. The third-order valence-corrected chi connectivity index (χ3v) is 2.24. The number of nitrogens with two attached hydrogens (primary N) is 1. The Bertz CT molecular complexity index is 160. The molecule has 4 heteroatoms. The minimum absolute atomic E-state index is 0.557. The van der Waals surface area contributed by atoms with E-state index in [0.717, 1.165) is 6.42 Å². The molecule has 0 aromatic heterocycles. The van der Waals surface area contributed by atoms with Crippen LogP contribution in [0.25, 0.3) is 0 Å². The number of aliphatic carboxylic acids is 1. The Morgan fingerprint density at radius 3 is 2.55 bits per heavy atom. The van der Waals surface area contributed by atoms with Crippen LogP contribution in [-0.2, 0) is 4.79 Å². The number of hydrogen-bond acceptors (Lipinski definition) is 3. The van der Waals surface area contributed by atoms with Gasteiger partial charge in [0.25, 0.3) is 0 Å². The standard InChI is InChI=1S/C7H13NO3/c8-6-4(7(10)11)2-1-3-5(6)9/h4-6,9H,1-3,8H2,(H,10,11)/t4-,5+,6-/m0/s1. The summed E-state index contributed by atoms with van der Waals surface area (Å²) in [6.07, 6.45) is 1.34. The van der Waals surface area contributed by atoms with Gasteiger partial charge in [-0.25, -0.2) is 0 Å². The van der Waals surface area contributed by atoms with E-state index < -0.39 is 24.0 Å². The van der Waals surface area contributed by atoms with Crippen LogP contribution in [0.15, 0.2) is 0 Å². The molecule has 0 bridgehead atoms. The summed E-state index contributed by atoms with van der Waals surface area (Å²) >= 11 is 0. The number of carbonyl (C=O) groups is 1. The third-order valence-electron chi connectivity index (χ3n) is 2.24. The highest BCUT2D eigenvalue weighted by Gasteiger charge is 2.33. The SMILES string of the molecule is N[C@@H]1[C@H](O)CCC[C@@H]1C(=O)O. The molecule has 1 saturated carbocycles.